The summed E-state index contributed by atoms with van der Waals surface area (Å²) in [5.41, 5.74) is 1.96. The Bertz CT molecular complexity index is 876. The maximum Gasteiger partial charge on any atom is 0.309 e. The summed E-state index contributed by atoms with van der Waals surface area (Å²) in [6.45, 7) is 0.665. The van der Waals surface area contributed by atoms with Crippen LogP contribution in [-0.4, -0.2) is 23.5 Å². The summed E-state index contributed by atoms with van der Waals surface area (Å²) in [6, 6.07) is 15.3. The average Bonchev–Trinajstić information content (AvgIpc) is 3.38. The Morgan fingerprint density at radius 2 is 1.78 bits per heavy atom. The number of carbonyl (C=O) groups is 2. The SMILES string of the molecule is O=C(NCCc1ccccc1)C(=O)NCc1ccc(C(O)c2ccsc2)s1. The predicted molar refractivity (Wildman–Crippen MR) is 108 cm³/mol. The van der Waals surface area contributed by atoms with Gasteiger partial charge in [-0.05, 0) is 46.5 Å². The molecule has 27 heavy (non-hydrogen) atoms. The van der Waals surface area contributed by atoms with Crippen LogP contribution in [0.5, 0.6) is 0 Å². The zero-order valence-electron chi connectivity index (χ0n) is 14.6. The van der Waals surface area contributed by atoms with Gasteiger partial charge in [-0.3, -0.25) is 9.59 Å². The van der Waals surface area contributed by atoms with Crippen molar-refractivity contribution < 1.29 is 14.7 Å². The third-order valence-corrected chi connectivity index (χ3v) is 5.82. The van der Waals surface area contributed by atoms with Crippen LogP contribution < -0.4 is 10.6 Å². The minimum Gasteiger partial charge on any atom is -0.383 e. The third-order valence-electron chi connectivity index (χ3n) is 3.98. The molecule has 3 N–H and O–H groups in total. The number of benzene rings is 1. The number of aliphatic hydroxyl groups is 1. The average molecular weight is 401 g/mol. The molecule has 0 radical (unpaired) electrons. The van der Waals surface area contributed by atoms with Crippen LogP contribution in [0.4, 0.5) is 0 Å². The Balaban J connectivity index is 1.43. The molecule has 1 unspecified atom stereocenters. The molecule has 1 atom stereocenters. The van der Waals surface area contributed by atoms with Crippen molar-refractivity contribution in [3.63, 3.8) is 0 Å². The summed E-state index contributed by atoms with van der Waals surface area (Å²) in [7, 11) is 0. The highest BCUT2D eigenvalue weighted by atomic mass is 32.1. The van der Waals surface area contributed by atoms with Crippen LogP contribution in [-0.2, 0) is 22.6 Å². The van der Waals surface area contributed by atoms with Crippen LogP contribution in [0.3, 0.4) is 0 Å². The van der Waals surface area contributed by atoms with Crippen molar-refractivity contribution in [3.05, 3.63) is 80.2 Å². The molecule has 0 saturated carbocycles. The fourth-order valence-corrected chi connectivity index (χ4v) is 4.17. The molecule has 0 bridgehead atoms. The van der Waals surface area contributed by atoms with E-state index in [0.717, 1.165) is 20.9 Å². The maximum absolute atomic E-state index is 11.9. The second kappa shape index (κ2) is 9.45. The normalized spacial score (nSPS) is 11.7. The molecule has 2 amide bonds. The molecule has 2 heterocycles. The van der Waals surface area contributed by atoms with Gasteiger partial charge >= 0.3 is 11.8 Å². The van der Waals surface area contributed by atoms with Gasteiger partial charge in [-0.15, -0.1) is 11.3 Å². The standard InChI is InChI=1S/C20H20N2O3S2/c23-18(15-9-11-26-13-15)17-7-6-16(27-17)12-22-20(25)19(24)21-10-8-14-4-2-1-3-5-14/h1-7,9,11,13,18,23H,8,10,12H2,(H,21,24)(H,22,25). The van der Waals surface area contributed by atoms with E-state index < -0.39 is 17.9 Å². The molecule has 3 rings (SSSR count). The lowest BCUT2D eigenvalue weighted by molar-refractivity contribution is -0.139. The first kappa shape index (κ1) is 19.3. The van der Waals surface area contributed by atoms with Crippen LogP contribution in [0.25, 0.3) is 0 Å². The van der Waals surface area contributed by atoms with Gasteiger partial charge in [0.25, 0.3) is 0 Å². The minimum absolute atomic E-state index is 0.256. The lowest BCUT2D eigenvalue weighted by Crippen LogP contribution is -2.40. The molecule has 140 valence electrons. The molecule has 0 spiro atoms. The van der Waals surface area contributed by atoms with E-state index in [1.54, 1.807) is 0 Å². The van der Waals surface area contributed by atoms with Crippen molar-refractivity contribution in [1.29, 1.82) is 0 Å². The monoisotopic (exact) mass is 400 g/mol. The van der Waals surface area contributed by atoms with Gasteiger partial charge in [0.2, 0.25) is 0 Å². The molecule has 5 nitrogen and oxygen atoms in total. The van der Waals surface area contributed by atoms with Crippen LogP contribution in [0.1, 0.15) is 27.0 Å². The first-order chi connectivity index (χ1) is 13.1. The Labute approximate surface area is 165 Å². The molecular weight excluding hydrogens is 380 g/mol. The summed E-state index contributed by atoms with van der Waals surface area (Å²) in [4.78, 5) is 25.5. The second-order valence-corrected chi connectivity index (χ2v) is 7.92. The predicted octanol–water partition coefficient (Wildman–Crippen LogP) is 2.87. The number of nitrogens with one attached hydrogen (secondary N) is 2. The second-order valence-electron chi connectivity index (χ2n) is 5.94. The lowest BCUT2D eigenvalue weighted by Gasteiger charge is -2.06. The summed E-state index contributed by atoms with van der Waals surface area (Å²) < 4.78 is 0. The summed E-state index contributed by atoms with van der Waals surface area (Å²) in [5.74, 6) is -1.29. The lowest BCUT2D eigenvalue weighted by atomic mass is 10.1. The van der Waals surface area contributed by atoms with Gasteiger partial charge in [-0.2, -0.15) is 11.3 Å². The van der Waals surface area contributed by atoms with E-state index >= 15 is 0 Å². The zero-order chi connectivity index (χ0) is 19.1. The molecule has 0 aliphatic rings. The molecule has 0 aliphatic carbocycles. The van der Waals surface area contributed by atoms with Crippen molar-refractivity contribution in [2.45, 2.75) is 19.1 Å². The van der Waals surface area contributed by atoms with E-state index in [9.17, 15) is 14.7 Å². The van der Waals surface area contributed by atoms with Crippen molar-refractivity contribution in [3.8, 4) is 0 Å². The first-order valence-electron chi connectivity index (χ1n) is 8.52. The fraction of sp³-hybridized carbons (Fsp3) is 0.200. The van der Waals surface area contributed by atoms with E-state index in [0.29, 0.717) is 13.0 Å². The third kappa shape index (κ3) is 5.50. The van der Waals surface area contributed by atoms with Gasteiger partial charge < -0.3 is 15.7 Å². The summed E-state index contributed by atoms with van der Waals surface area (Å²) in [5, 5.41) is 19.4. The van der Waals surface area contributed by atoms with Gasteiger partial charge in [0.1, 0.15) is 6.10 Å². The smallest absolute Gasteiger partial charge is 0.309 e. The molecule has 3 aromatic rings. The Morgan fingerprint density at radius 1 is 1.00 bits per heavy atom. The highest BCUT2D eigenvalue weighted by molar-refractivity contribution is 7.12. The van der Waals surface area contributed by atoms with E-state index in [1.807, 2.05) is 59.3 Å². The number of hydrogen-bond donors (Lipinski definition) is 3. The highest BCUT2D eigenvalue weighted by Gasteiger charge is 2.15. The van der Waals surface area contributed by atoms with Crippen LogP contribution >= 0.6 is 22.7 Å². The Kier molecular flexibility index (Phi) is 6.75. The number of carbonyl (C=O) groups excluding carboxylic acids is 2. The quantitative estimate of drug-likeness (QED) is 0.534. The van der Waals surface area contributed by atoms with Crippen LogP contribution in [0.2, 0.25) is 0 Å². The van der Waals surface area contributed by atoms with E-state index in [1.165, 1.54) is 22.7 Å². The molecule has 0 fully saturated rings. The maximum atomic E-state index is 11.9. The van der Waals surface area contributed by atoms with Crippen molar-refractivity contribution in [2.75, 3.05) is 6.54 Å². The van der Waals surface area contributed by atoms with E-state index in [4.69, 9.17) is 0 Å². The number of amides is 2. The molecule has 1 aromatic carbocycles. The summed E-state index contributed by atoms with van der Waals surface area (Å²) in [6.07, 6.45) is 0.0150. The van der Waals surface area contributed by atoms with Gasteiger partial charge in [0, 0.05) is 16.3 Å². The molecule has 0 aliphatic heterocycles. The van der Waals surface area contributed by atoms with E-state index in [2.05, 4.69) is 10.6 Å². The van der Waals surface area contributed by atoms with Gasteiger partial charge in [-0.1, -0.05) is 30.3 Å². The Morgan fingerprint density at radius 3 is 2.52 bits per heavy atom. The number of hydrogen-bond acceptors (Lipinski definition) is 5. The van der Waals surface area contributed by atoms with Crippen molar-refractivity contribution >= 4 is 34.5 Å². The first-order valence-corrected chi connectivity index (χ1v) is 10.3. The van der Waals surface area contributed by atoms with Gasteiger partial charge in [-0.25, -0.2) is 0 Å². The van der Waals surface area contributed by atoms with Gasteiger partial charge in [0.15, 0.2) is 0 Å². The number of rotatable bonds is 7. The van der Waals surface area contributed by atoms with E-state index in [-0.39, 0.29) is 6.54 Å². The largest absolute Gasteiger partial charge is 0.383 e. The number of aliphatic hydroxyl groups excluding tert-OH is 1. The highest BCUT2D eigenvalue weighted by Crippen LogP contribution is 2.29. The van der Waals surface area contributed by atoms with Crippen molar-refractivity contribution in [1.82, 2.24) is 10.6 Å². The molecule has 7 heteroatoms. The zero-order valence-corrected chi connectivity index (χ0v) is 16.2. The summed E-state index contributed by atoms with van der Waals surface area (Å²) >= 11 is 2.95. The van der Waals surface area contributed by atoms with Crippen LogP contribution in [0, 0.1) is 0 Å². The van der Waals surface area contributed by atoms with Gasteiger partial charge in [0.05, 0.1) is 6.54 Å². The molecular formula is C20H20N2O3S2. The minimum atomic E-state index is -0.660. The fourth-order valence-electron chi connectivity index (χ4n) is 2.52. The topological polar surface area (TPSA) is 78.4 Å². The van der Waals surface area contributed by atoms with Crippen molar-refractivity contribution in [2.24, 2.45) is 0 Å². The molecule has 2 aromatic heterocycles. The Hall–Kier alpha value is -2.48. The number of thiophene rings is 2. The molecule has 0 saturated heterocycles. The van der Waals surface area contributed by atoms with Crippen LogP contribution in [0.15, 0.2) is 59.3 Å².